The Kier molecular flexibility index (Phi) is 4.76. The van der Waals surface area contributed by atoms with E-state index in [0.717, 1.165) is 19.3 Å². The number of amides is 2. The van der Waals surface area contributed by atoms with Gasteiger partial charge in [0.1, 0.15) is 5.60 Å². The third kappa shape index (κ3) is 3.80. The molecule has 1 aromatic rings. The Labute approximate surface area is 149 Å². The smallest absolute Gasteiger partial charge is 0.410 e. The Morgan fingerprint density at radius 2 is 1.80 bits per heavy atom. The molecule has 1 aliphatic carbocycles. The lowest BCUT2D eigenvalue weighted by Crippen LogP contribution is -2.50. The Balaban J connectivity index is 1.53. The molecule has 0 radical (unpaired) electrons. The molecule has 0 spiro atoms. The molecule has 0 bridgehead atoms. The summed E-state index contributed by atoms with van der Waals surface area (Å²) in [7, 11) is 1.90. The molecule has 0 saturated carbocycles. The Hall–Kier alpha value is -2.04. The molecule has 5 nitrogen and oxygen atoms in total. The van der Waals surface area contributed by atoms with Gasteiger partial charge in [-0.2, -0.15) is 0 Å². The molecule has 1 aliphatic heterocycles. The molecule has 1 aromatic carbocycles. The molecule has 0 aromatic heterocycles. The number of carbonyl (C=O) groups excluding carboxylic acids is 2. The van der Waals surface area contributed by atoms with E-state index in [1.54, 1.807) is 4.90 Å². The summed E-state index contributed by atoms with van der Waals surface area (Å²) in [5.41, 5.74) is 1.98. The van der Waals surface area contributed by atoms with Crippen LogP contribution < -0.4 is 0 Å². The highest BCUT2D eigenvalue weighted by molar-refractivity contribution is 5.87. The third-order valence-electron chi connectivity index (χ3n) is 5.16. The van der Waals surface area contributed by atoms with Gasteiger partial charge in [-0.25, -0.2) is 4.79 Å². The van der Waals surface area contributed by atoms with E-state index in [2.05, 4.69) is 12.1 Å². The van der Waals surface area contributed by atoms with Gasteiger partial charge in [-0.15, -0.1) is 0 Å². The van der Waals surface area contributed by atoms with Crippen molar-refractivity contribution in [3.05, 3.63) is 35.4 Å². The number of likely N-dealkylation sites (tertiary alicyclic amines) is 1. The quantitative estimate of drug-likeness (QED) is 0.828. The first-order valence-electron chi connectivity index (χ1n) is 9.08. The van der Waals surface area contributed by atoms with Crippen LogP contribution in [-0.4, -0.2) is 53.6 Å². The van der Waals surface area contributed by atoms with E-state index >= 15 is 0 Å². The van der Waals surface area contributed by atoms with Gasteiger partial charge in [-0.05, 0) is 51.2 Å². The van der Waals surface area contributed by atoms with Crippen LogP contribution in [0.5, 0.6) is 0 Å². The summed E-state index contributed by atoms with van der Waals surface area (Å²) in [6.07, 6.45) is 2.19. The number of hydrogen-bond donors (Lipinski definition) is 0. The van der Waals surface area contributed by atoms with Crippen LogP contribution in [0.1, 0.15) is 50.7 Å². The zero-order chi connectivity index (χ0) is 18.2. The molecular weight excluding hydrogens is 316 g/mol. The van der Waals surface area contributed by atoms with E-state index in [-0.39, 0.29) is 24.0 Å². The maximum atomic E-state index is 12.8. The van der Waals surface area contributed by atoms with Crippen LogP contribution in [-0.2, 0) is 16.0 Å². The minimum absolute atomic E-state index is 0.00471. The lowest BCUT2D eigenvalue weighted by Gasteiger charge is -2.40. The maximum Gasteiger partial charge on any atom is 0.410 e. The van der Waals surface area contributed by atoms with Crippen molar-refractivity contribution in [1.82, 2.24) is 9.80 Å². The number of benzene rings is 1. The van der Waals surface area contributed by atoms with E-state index in [0.29, 0.717) is 13.1 Å². The van der Waals surface area contributed by atoms with Crippen molar-refractivity contribution in [2.24, 2.45) is 0 Å². The van der Waals surface area contributed by atoms with Crippen LogP contribution in [0, 0.1) is 0 Å². The highest BCUT2D eigenvalue weighted by atomic mass is 16.6. The van der Waals surface area contributed by atoms with Gasteiger partial charge >= 0.3 is 6.09 Å². The van der Waals surface area contributed by atoms with Crippen LogP contribution in [0.25, 0.3) is 0 Å². The number of fused-ring (bicyclic) bond motifs is 1. The molecule has 1 unspecified atom stereocenters. The normalized spacial score (nSPS) is 20.5. The summed E-state index contributed by atoms with van der Waals surface area (Å²) in [5.74, 6) is 0.208. The number of piperidine rings is 1. The molecule has 25 heavy (non-hydrogen) atoms. The molecule has 0 N–H and O–H groups in total. The van der Waals surface area contributed by atoms with Crippen molar-refractivity contribution in [3.63, 3.8) is 0 Å². The second-order valence-electron chi connectivity index (χ2n) is 8.10. The van der Waals surface area contributed by atoms with E-state index in [1.807, 2.05) is 44.9 Å². The molecule has 3 rings (SSSR count). The van der Waals surface area contributed by atoms with Gasteiger partial charge < -0.3 is 14.5 Å². The van der Waals surface area contributed by atoms with E-state index < -0.39 is 5.60 Å². The number of carbonyl (C=O) groups is 2. The van der Waals surface area contributed by atoms with E-state index in [4.69, 9.17) is 4.74 Å². The van der Waals surface area contributed by atoms with Gasteiger partial charge in [-0.3, -0.25) is 4.79 Å². The van der Waals surface area contributed by atoms with Crippen molar-refractivity contribution in [1.29, 1.82) is 0 Å². The Morgan fingerprint density at radius 1 is 1.16 bits per heavy atom. The summed E-state index contributed by atoms with van der Waals surface area (Å²) >= 11 is 0. The average Bonchev–Trinajstić information content (AvgIpc) is 2.53. The first-order chi connectivity index (χ1) is 11.8. The zero-order valence-corrected chi connectivity index (χ0v) is 15.6. The molecule has 1 atom stereocenters. The average molecular weight is 344 g/mol. The molecule has 5 heteroatoms. The summed E-state index contributed by atoms with van der Waals surface area (Å²) < 4.78 is 5.43. The lowest BCUT2D eigenvalue weighted by atomic mass is 9.76. The second kappa shape index (κ2) is 6.70. The standard InChI is InChI=1S/C20H28N2O3/c1-20(2,3)25-19(24)22-11-9-15(10-12-22)21(4)18(23)17-13-14-7-5-6-8-16(14)17/h5-8,15,17H,9-13H2,1-4H3. The fourth-order valence-corrected chi connectivity index (χ4v) is 3.67. The predicted octanol–water partition coefficient (Wildman–Crippen LogP) is 3.18. The molecule has 1 fully saturated rings. The number of nitrogens with zero attached hydrogens (tertiary/aromatic N) is 2. The van der Waals surface area contributed by atoms with Gasteiger partial charge in [-0.1, -0.05) is 24.3 Å². The number of ether oxygens (including phenoxy) is 1. The zero-order valence-electron chi connectivity index (χ0n) is 15.6. The van der Waals surface area contributed by atoms with Crippen molar-refractivity contribution in [2.45, 2.75) is 57.6 Å². The minimum Gasteiger partial charge on any atom is -0.444 e. The highest BCUT2D eigenvalue weighted by Crippen LogP contribution is 2.36. The van der Waals surface area contributed by atoms with Gasteiger partial charge in [0.25, 0.3) is 0 Å². The van der Waals surface area contributed by atoms with Crippen molar-refractivity contribution >= 4 is 12.0 Å². The van der Waals surface area contributed by atoms with Crippen LogP contribution in [0.2, 0.25) is 0 Å². The maximum absolute atomic E-state index is 12.8. The van der Waals surface area contributed by atoms with E-state index in [1.165, 1.54) is 11.1 Å². The van der Waals surface area contributed by atoms with Crippen LogP contribution in [0.4, 0.5) is 4.79 Å². The number of likely N-dealkylation sites (N-methyl/N-ethyl adjacent to an activating group) is 1. The fourth-order valence-electron chi connectivity index (χ4n) is 3.67. The van der Waals surface area contributed by atoms with Gasteiger partial charge in [0.2, 0.25) is 5.91 Å². The van der Waals surface area contributed by atoms with Gasteiger partial charge in [0.05, 0.1) is 5.92 Å². The lowest BCUT2D eigenvalue weighted by molar-refractivity contribution is -0.135. The van der Waals surface area contributed by atoms with E-state index in [9.17, 15) is 9.59 Å². The largest absolute Gasteiger partial charge is 0.444 e. The first kappa shape index (κ1) is 17.8. The van der Waals surface area contributed by atoms with Crippen LogP contribution in [0.15, 0.2) is 24.3 Å². The number of hydrogen-bond acceptors (Lipinski definition) is 3. The van der Waals surface area contributed by atoms with Crippen molar-refractivity contribution in [2.75, 3.05) is 20.1 Å². The fraction of sp³-hybridized carbons (Fsp3) is 0.600. The van der Waals surface area contributed by atoms with Crippen molar-refractivity contribution < 1.29 is 14.3 Å². The van der Waals surface area contributed by atoms with Crippen LogP contribution in [0.3, 0.4) is 0 Å². The second-order valence-corrected chi connectivity index (χ2v) is 8.10. The van der Waals surface area contributed by atoms with Crippen molar-refractivity contribution in [3.8, 4) is 0 Å². The van der Waals surface area contributed by atoms with Crippen LogP contribution >= 0.6 is 0 Å². The van der Waals surface area contributed by atoms with Gasteiger partial charge in [0, 0.05) is 26.2 Å². The molecule has 2 amide bonds. The molecule has 2 aliphatic rings. The minimum atomic E-state index is -0.474. The topological polar surface area (TPSA) is 49.9 Å². The molecule has 1 saturated heterocycles. The highest BCUT2D eigenvalue weighted by Gasteiger charge is 2.37. The number of rotatable bonds is 2. The predicted molar refractivity (Wildman–Crippen MR) is 96.5 cm³/mol. The Morgan fingerprint density at radius 3 is 2.40 bits per heavy atom. The summed E-state index contributed by atoms with van der Waals surface area (Å²) in [5, 5.41) is 0. The van der Waals surface area contributed by atoms with Gasteiger partial charge in [0.15, 0.2) is 0 Å². The Bertz CT molecular complexity index is 657. The third-order valence-corrected chi connectivity index (χ3v) is 5.16. The molecule has 136 valence electrons. The summed E-state index contributed by atoms with van der Waals surface area (Å²) in [6, 6.07) is 8.37. The summed E-state index contributed by atoms with van der Waals surface area (Å²) in [4.78, 5) is 28.6. The molecule has 1 heterocycles. The SMILES string of the molecule is CN(C(=O)C1Cc2ccccc21)C1CCN(C(=O)OC(C)(C)C)CC1. The molecular formula is C20H28N2O3. The summed E-state index contributed by atoms with van der Waals surface area (Å²) in [6.45, 7) is 6.90. The first-order valence-corrected chi connectivity index (χ1v) is 9.08. The monoisotopic (exact) mass is 344 g/mol.